The first-order chi connectivity index (χ1) is 16.7. The summed E-state index contributed by atoms with van der Waals surface area (Å²) in [6.45, 7) is 2.06. The van der Waals surface area contributed by atoms with Crippen LogP contribution in [-0.2, 0) is 23.9 Å². The monoisotopic (exact) mass is 480 g/mol. The number of aryl methyl sites for hydroxylation is 1. The molecule has 1 heterocycles. The average Bonchev–Trinajstić information content (AvgIpc) is 3.15. The van der Waals surface area contributed by atoms with Gasteiger partial charge in [-0.1, -0.05) is 35.9 Å². The van der Waals surface area contributed by atoms with Crippen LogP contribution >= 0.6 is 0 Å². The summed E-state index contributed by atoms with van der Waals surface area (Å²) in [5, 5.41) is 5.39. The van der Waals surface area contributed by atoms with Gasteiger partial charge in [-0.3, -0.25) is 9.59 Å². The summed E-state index contributed by atoms with van der Waals surface area (Å²) in [4.78, 5) is 29.8. The van der Waals surface area contributed by atoms with E-state index in [9.17, 15) is 22.8 Å². The van der Waals surface area contributed by atoms with Crippen LogP contribution in [0.15, 0.2) is 72.8 Å². The normalized spacial score (nSPS) is 11.4. The molecule has 0 aliphatic rings. The number of halogens is 3. The number of rotatable bonds is 7. The molecule has 4 rings (SSSR count). The highest BCUT2D eigenvalue weighted by atomic mass is 19.4. The van der Waals surface area contributed by atoms with E-state index in [4.69, 9.17) is 0 Å². The number of carbonyl (C=O) groups excluding carboxylic acids is 2. The van der Waals surface area contributed by atoms with Gasteiger partial charge in [0, 0.05) is 24.2 Å². The van der Waals surface area contributed by atoms with E-state index in [1.807, 2.05) is 43.3 Å². The van der Waals surface area contributed by atoms with Crippen LogP contribution in [0.3, 0.4) is 0 Å². The van der Waals surface area contributed by atoms with Crippen LogP contribution in [0.2, 0.25) is 0 Å². The number of carbonyl (C=O) groups is 2. The third kappa shape index (κ3) is 5.87. The van der Waals surface area contributed by atoms with E-state index >= 15 is 0 Å². The lowest BCUT2D eigenvalue weighted by Crippen LogP contribution is -2.27. The van der Waals surface area contributed by atoms with Crippen molar-refractivity contribution < 1.29 is 22.8 Å². The summed E-state index contributed by atoms with van der Waals surface area (Å²) >= 11 is 0. The maximum absolute atomic E-state index is 13.0. The number of para-hydroxylation sites is 2. The number of nitrogens with zero attached hydrogens (tertiary/aromatic N) is 2. The molecular weight excluding hydrogens is 457 g/mol. The Morgan fingerprint density at radius 3 is 2.51 bits per heavy atom. The molecule has 2 N–H and O–H groups in total. The lowest BCUT2D eigenvalue weighted by Gasteiger charge is -2.12. The molecule has 0 saturated heterocycles. The summed E-state index contributed by atoms with van der Waals surface area (Å²) in [7, 11) is 0. The van der Waals surface area contributed by atoms with E-state index in [1.54, 1.807) is 16.7 Å². The van der Waals surface area contributed by atoms with Gasteiger partial charge in [-0.25, -0.2) is 4.98 Å². The van der Waals surface area contributed by atoms with Gasteiger partial charge in [0.25, 0.3) is 5.91 Å². The SMILES string of the molecule is Cc1cccc(C(=O)NCCc2nc3ccccc3n2CC(=O)Nc2cccc(C(F)(F)F)c2)c1. The Morgan fingerprint density at radius 2 is 1.74 bits per heavy atom. The smallest absolute Gasteiger partial charge is 0.352 e. The molecule has 0 spiro atoms. The second-order valence-corrected chi connectivity index (χ2v) is 8.11. The fourth-order valence-corrected chi connectivity index (χ4v) is 3.79. The molecule has 0 radical (unpaired) electrons. The fraction of sp³-hybridized carbons (Fsp3) is 0.192. The van der Waals surface area contributed by atoms with Crippen LogP contribution in [0.5, 0.6) is 0 Å². The van der Waals surface area contributed by atoms with Crippen molar-refractivity contribution >= 4 is 28.5 Å². The molecule has 1 aromatic heterocycles. The van der Waals surface area contributed by atoms with E-state index in [0.29, 0.717) is 35.4 Å². The molecular formula is C26H23F3N4O2. The predicted molar refractivity (Wildman–Crippen MR) is 127 cm³/mol. The van der Waals surface area contributed by atoms with Crippen molar-refractivity contribution in [1.82, 2.24) is 14.9 Å². The van der Waals surface area contributed by atoms with Crippen molar-refractivity contribution in [3.63, 3.8) is 0 Å². The summed E-state index contributed by atoms with van der Waals surface area (Å²) < 4.78 is 40.7. The second-order valence-electron chi connectivity index (χ2n) is 8.11. The van der Waals surface area contributed by atoms with E-state index in [1.165, 1.54) is 12.1 Å². The zero-order valence-corrected chi connectivity index (χ0v) is 18.9. The summed E-state index contributed by atoms with van der Waals surface area (Å²) in [6, 6.07) is 19.0. The van der Waals surface area contributed by atoms with Crippen molar-refractivity contribution in [2.45, 2.75) is 26.1 Å². The Hall–Kier alpha value is -4.14. The van der Waals surface area contributed by atoms with E-state index in [2.05, 4.69) is 15.6 Å². The van der Waals surface area contributed by atoms with E-state index in [0.717, 1.165) is 17.7 Å². The van der Waals surface area contributed by atoms with Gasteiger partial charge < -0.3 is 15.2 Å². The van der Waals surface area contributed by atoms with Crippen molar-refractivity contribution in [2.75, 3.05) is 11.9 Å². The van der Waals surface area contributed by atoms with Gasteiger partial charge >= 0.3 is 6.18 Å². The first-order valence-corrected chi connectivity index (χ1v) is 11.0. The average molecular weight is 480 g/mol. The Morgan fingerprint density at radius 1 is 0.971 bits per heavy atom. The lowest BCUT2D eigenvalue weighted by molar-refractivity contribution is -0.137. The van der Waals surface area contributed by atoms with Gasteiger partial charge in [-0.15, -0.1) is 0 Å². The Balaban J connectivity index is 1.47. The lowest BCUT2D eigenvalue weighted by atomic mass is 10.1. The molecule has 0 aliphatic carbocycles. The zero-order chi connectivity index (χ0) is 25.0. The number of amides is 2. The number of hydrogen-bond acceptors (Lipinski definition) is 3. The van der Waals surface area contributed by atoms with Crippen molar-refractivity contribution in [3.05, 3.63) is 95.3 Å². The zero-order valence-electron chi connectivity index (χ0n) is 18.9. The molecule has 35 heavy (non-hydrogen) atoms. The molecule has 9 heteroatoms. The molecule has 3 aromatic carbocycles. The summed E-state index contributed by atoms with van der Waals surface area (Å²) in [6.07, 6.45) is -4.14. The minimum Gasteiger partial charge on any atom is -0.352 e. The number of hydrogen-bond donors (Lipinski definition) is 2. The minimum atomic E-state index is -4.50. The number of anilines is 1. The largest absolute Gasteiger partial charge is 0.416 e. The first kappa shape index (κ1) is 24.0. The van der Waals surface area contributed by atoms with Crippen LogP contribution in [-0.4, -0.2) is 27.9 Å². The Labute approximate surface area is 199 Å². The molecule has 0 aliphatic heterocycles. The third-order valence-electron chi connectivity index (χ3n) is 5.42. The van der Waals surface area contributed by atoms with Crippen molar-refractivity contribution in [1.29, 1.82) is 0 Å². The van der Waals surface area contributed by atoms with Crippen molar-refractivity contribution in [3.8, 4) is 0 Å². The topological polar surface area (TPSA) is 76.0 Å². The third-order valence-corrected chi connectivity index (χ3v) is 5.42. The van der Waals surface area contributed by atoms with Gasteiger partial charge in [-0.05, 0) is 49.4 Å². The Bertz CT molecular complexity index is 1380. The Kier molecular flexibility index (Phi) is 6.86. The number of alkyl halides is 3. The number of fused-ring (bicyclic) bond motifs is 1. The summed E-state index contributed by atoms with van der Waals surface area (Å²) in [5.74, 6) is -0.119. The molecule has 0 fully saturated rings. The van der Waals surface area contributed by atoms with Crippen LogP contribution in [0.25, 0.3) is 11.0 Å². The van der Waals surface area contributed by atoms with Crippen LogP contribution in [0.4, 0.5) is 18.9 Å². The molecule has 6 nitrogen and oxygen atoms in total. The fourth-order valence-electron chi connectivity index (χ4n) is 3.79. The molecule has 2 amide bonds. The molecule has 0 saturated carbocycles. The van der Waals surface area contributed by atoms with Gasteiger partial charge in [0.15, 0.2) is 0 Å². The molecule has 180 valence electrons. The predicted octanol–water partition coefficient (Wildman–Crippen LogP) is 4.97. The minimum absolute atomic E-state index is 0.0567. The van der Waals surface area contributed by atoms with Crippen LogP contribution < -0.4 is 10.6 Å². The highest BCUT2D eigenvalue weighted by Crippen LogP contribution is 2.30. The number of aromatic nitrogens is 2. The maximum Gasteiger partial charge on any atom is 0.416 e. The molecule has 0 atom stereocenters. The van der Waals surface area contributed by atoms with E-state index < -0.39 is 17.6 Å². The van der Waals surface area contributed by atoms with Gasteiger partial charge in [0.2, 0.25) is 5.91 Å². The molecule has 4 aromatic rings. The van der Waals surface area contributed by atoms with Gasteiger partial charge in [0.1, 0.15) is 12.4 Å². The number of imidazole rings is 1. The van der Waals surface area contributed by atoms with Gasteiger partial charge in [0.05, 0.1) is 16.6 Å². The quantitative estimate of drug-likeness (QED) is 0.392. The van der Waals surface area contributed by atoms with Crippen molar-refractivity contribution in [2.24, 2.45) is 0 Å². The van der Waals surface area contributed by atoms with E-state index in [-0.39, 0.29) is 18.1 Å². The van der Waals surface area contributed by atoms with Crippen LogP contribution in [0, 0.1) is 6.92 Å². The molecule has 0 unspecified atom stereocenters. The van der Waals surface area contributed by atoms with Gasteiger partial charge in [-0.2, -0.15) is 13.2 Å². The van der Waals surface area contributed by atoms with Crippen LogP contribution in [0.1, 0.15) is 27.3 Å². The standard InChI is InChI=1S/C26H23F3N4O2/c1-17-6-4-7-18(14-17)25(35)30-13-12-23-32-21-10-2-3-11-22(21)33(23)16-24(34)31-20-9-5-8-19(15-20)26(27,28)29/h2-11,14-15H,12-13,16H2,1H3,(H,30,35)(H,31,34). The summed E-state index contributed by atoms with van der Waals surface area (Å²) in [5.41, 5.74) is 2.14. The second kappa shape index (κ2) is 10.0. The number of nitrogens with one attached hydrogen (secondary N) is 2. The highest BCUT2D eigenvalue weighted by Gasteiger charge is 2.30. The number of benzene rings is 3. The molecule has 0 bridgehead atoms. The first-order valence-electron chi connectivity index (χ1n) is 11.0. The highest BCUT2D eigenvalue weighted by molar-refractivity contribution is 5.94. The maximum atomic E-state index is 13.0.